The van der Waals surface area contributed by atoms with Crippen molar-refractivity contribution in [2.75, 3.05) is 7.11 Å². The van der Waals surface area contributed by atoms with Gasteiger partial charge in [-0.1, -0.05) is 16.9 Å². The molecule has 96 valence electrons. The molecule has 0 N–H and O–H groups in total. The fourth-order valence-corrected chi connectivity index (χ4v) is 1.83. The maximum absolute atomic E-state index is 11.1. The smallest absolute Gasteiger partial charge is 0.327 e. The second-order valence-corrected chi connectivity index (χ2v) is 4.16. The Morgan fingerprint density at radius 2 is 2.39 bits per heavy atom. The molecule has 0 fully saturated rings. The zero-order valence-corrected chi connectivity index (χ0v) is 10.5. The normalized spacial score (nSPS) is 10.6. The number of ether oxygens (including phenoxy) is 1. The van der Waals surface area contributed by atoms with Crippen LogP contribution in [-0.2, 0) is 21.8 Å². The first-order chi connectivity index (χ1) is 8.69. The highest BCUT2D eigenvalue weighted by Crippen LogP contribution is 2.18. The zero-order chi connectivity index (χ0) is 13.0. The van der Waals surface area contributed by atoms with E-state index < -0.39 is 5.97 Å². The number of carbonyl (C=O) groups is 1. The molecule has 0 unspecified atom stereocenters. The molecule has 2 rings (SSSR count). The Morgan fingerprint density at radius 3 is 3.06 bits per heavy atom. The van der Waals surface area contributed by atoms with Gasteiger partial charge in [-0.3, -0.25) is 4.79 Å². The van der Waals surface area contributed by atoms with E-state index >= 15 is 0 Å². The number of hydrogen-bond donors (Lipinski definition) is 0. The summed E-state index contributed by atoms with van der Waals surface area (Å²) >= 11 is 1.30. The number of thioether (sulfide) groups is 1. The molecule has 10 heteroatoms. The average molecular weight is 270 g/mol. The first kappa shape index (κ1) is 12.5. The van der Waals surface area contributed by atoms with Crippen LogP contribution in [0.15, 0.2) is 9.68 Å². The number of hydrogen-bond acceptors (Lipinski definition) is 9. The van der Waals surface area contributed by atoms with E-state index in [4.69, 9.17) is 4.52 Å². The number of carbonyl (C=O) groups excluding carboxylic acids is 1. The Hall–Kier alpha value is -1.97. The predicted molar refractivity (Wildman–Crippen MR) is 58.4 cm³/mol. The Balaban J connectivity index is 1.97. The third kappa shape index (κ3) is 3.03. The minimum atomic E-state index is -0.419. The van der Waals surface area contributed by atoms with E-state index in [9.17, 15) is 4.79 Å². The Kier molecular flexibility index (Phi) is 3.87. The van der Waals surface area contributed by atoms with Crippen molar-refractivity contribution < 1.29 is 14.1 Å². The van der Waals surface area contributed by atoms with Crippen LogP contribution in [0, 0.1) is 6.92 Å². The van der Waals surface area contributed by atoms with Crippen molar-refractivity contribution in [3.8, 4) is 0 Å². The highest BCUT2D eigenvalue weighted by molar-refractivity contribution is 7.98. The minimum absolute atomic E-state index is 0.0330. The van der Waals surface area contributed by atoms with Gasteiger partial charge in [-0.05, 0) is 17.4 Å². The molecule has 0 saturated carbocycles. The highest BCUT2D eigenvalue weighted by atomic mass is 32.2. The van der Waals surface area contributed by atoms with E-state index in [1.807, 2.05) is 0 Å². The van der Waals surface area contributed by atoms with Crippen LogP contribution >= 0.6 is 11.8 Å². The lowest BCUT2D eigenvalue weighted by Crippen LogP contribution is -2.13. The maximum Gasteiger partial charge on any atom is 0.327 e. The number of methoxy groups -OCH3 is 1. The molecule has 0 bridgehead atoms. The van der Waals surface area contributed by atoms with E-state index in [-0.39, 0.29) is 6.54 Å². The molecular formula is C8H10N6O3S. The molecule has 0 atom stereocenters. The van der Waals surface area contributed by atoms with Crippen LogP contribution in [0.4, 0.5) is 0 Å². The molecule has 0 aliphatic carbocycles. The third-order valence-electron chi connectivity index (χ3n) is 1.90. The standard InChI is InChI=1S/C8H10N6O3S/c1-5-9-6(17-11-5)4-18-8-10-12-13-14(8)3-7(15)16-2/h3-4H2,1-2H3. The van der Waals surface area contributed by atoms with Crippen molar-refractivity contribution in [2.24, 2.45) is 0 Å². The van der Waals surface area contributed by atoms with Gasteiger partial charge in [0.2, 0.25) is 11.0 Å². The number of rotatable bonds is 5. The van der Waals surface area contributed by atoms with E-state index in [0.29, 0.717) is 22.6 Å². The molecule has 0 spiro atoms. The first-order valence-electron chi connectivity index (χ1n) is 4.94. The van der Waals surface area contributed by atoms with Crippen molar-refractivity contribution >= 4 is 17.7 Å². The lowest BCUT2D eigenvalue weighted by atomic mass is 10.7. The van der Waals surface area contributed by atoms with Gasteiger partial charge < -0.3 is 9.26 Å². The summed E-state index contributed by atoms with van der Waals surface area (Å²) in [5.74, 6) is 1.06. The topological polar surface area (TPSA) is 109 Å². The van der Waals surface area contributed by atoms with Crippen molar-refractivity contribution in [3.63, 3.8) is 0 Å². The fourth-order valence-electron chi connectivity index (χ4n) is 1.11. The molecule has 2 aromatic rings. The van der Waals surface area contributed by atoms with Crippen molar-refractivity contribution in [1.29, 1.82) is 0 Å². The van der Waals surface area contributed by atoms with Gasteiger partial charge in [0.25, 0.3) is 0 Å². The lowest BCUT2D eigenvalue weighted by molar-refractivity contribution is -0.141. The van der Waals surface area contributed by atoms with Crippen LogP contribution in [-0.4, -0.2) is 43.4 Å². The van der Waals surface area contributed by atoms with Gasteiger partial charge in [0.1, 0.15) is 6.54 Å². The Morgan fingerprint density at radius 1 is 1.56 bits per heavy atom. The van der Waals surface area contributed by atoms with Crippen LogP contribution in [0.1, 0.15) is 11.7 Å². The zero-order valence-electron chi connectivity index (χ0n) is 9.73. The maximum atomic E-state index is 11.1. The molecule has 0 aromatic carbocycles. The SMILES string of the molecule is COC(=O)Cn1nnnc1SCc1nc(C)no1. The summed E-state index contributed by atoms with van der Waals surface area (Å²) in [6, 6.07) is 0. The van der Waals surface area contributed by atoms with Crippen LogP contribution in [0.25, 0.3) is 0 Å². The van der Waals surface area contributed by atoms with Crippen LogP contribution in [0.3, 0.4) is 0 Å². The van der Waals surface area contributed by atoms with Gasteiger partial charge in [-0.15, -0.1) is 5.10 Å². The summed E-state index contributed by atoms with van der Waals surface area (Å²) in [5, 5.41) is 15.1. The minimum Gasteiger partial charge on any atom is -0.468 e. The number of esters is 1. The molecule has 2 heterocycles. The lowest BCUT2D eigenvalue weighted by Gasteiger charge is -2.01. The highest BCUT2D eigenvalue weighted by Gasteiger charge is 2.12. The number of aryl methyl sites for hydroxylation is 1. The van der Waals surface area contributed by atoms with Gasteiger partial charge in [0.15, 0.2) is 5.82 Å². The van der Waals surface area contributed by atoms with Gasteiger partial charge in [0.05, 0.1) is 12.9 Å². The van der Waals surface area contributed by atoms with Crippen molar-refractivity contribution in [2.45, 2.75) is 24.4 Å². The summed E-state index contributed by atoms with van der Waals surface area (Å²) < 4.78 is 10.8. The molecule has 0 saturated heterocycles. The average Bonchev–Trinajstić information content (AvgIpc) is 2.96. The largest absolute Gasteiger partial charge is 0.468 e. The second kappa shape index (κ2) is 5.58. The predicted octanol–water partition coefficient (Wildman–Crippen LogP) is -0.170. The second-order valence-electron chi connectivity index (χ2n) is 3.22. The van der Waals surface area contributed by atoms with Crippen LogP contribution in [0.5, 0.6) is 0 Å². The summed E-state index contributed by atoms with van der Waals surface area (Å²) in [6.45, 7) is 1.70. The quantitative estimate of drug-likeness (QED) is 0.540. The van der Waals surface area contributed by atoms with Crippen molar-refractivity contribution in [3.05, 3.63) is 11.7 Å². The van der Waals surface area contributed by atoms with Gasteiger partial charge in [-0.25, -0.2) is 4.68 Å². The third-order valence-corrected chi connectivity index (χ3v) is 2.84. The summed E-state index contributed by atoms with van der Waals surface area (Å²) in [5.41, 5.74) is 0. The molecule has 2 aromatic heterocycles. The molecule has 18 heavy (non-hydrogen) atoms. The summed E-state index contributed by atoms with van der Waals surface area (Å²) in [7, 11) is 1.31. The fraction of sp³-hybridized carbons (Fsp3) is 0.500. The molecule has 0 radical (unpaired) electrons. The van der Waals surface area contributed by atoms with Crippen LogP contribution < -0.4 is 0 Å². The van der Waals surface area contributed by atoms with Gasteiger partial charge in [0, 0.05) is 0 Å². The molecule has 9 nitrogen and oxygen atoms in total. The first-order valence-corrected chi connectivity index (χ1v) is 5.92. The molecule has 0 amide bonds. The summed E-state index contributed by atoms with van der Waals surface area (Å²) in [6.07, 6.45) is 0. The number of tetrazole rings is 1. The molecule has 0 aliphatic heterocycles. The van der Waals surface area contributed by atoms with E-state index in [1.54, 1.807) is 6.92 Å². The van der Waals surface area contributed by atoms with E-state index in [0.717, 1.165) is 0 Å². The van der Waals surface area contributed by atoms with Gasteiger partial charge in [-0.2, -0.15) is 4.98 Å². The number of aromatic nitrogens is 6. The van der Waals surface area contributed by atoms with Crippen LogP contribution in [0.2, 0.25) is 0 Å². The monoisotopic (exact) mass is 270 g/mol. The molecule has 0 aliphatic rings. The molecular weight excluding hydrogens is 260 g/mol. The van der Waals surface area contributed by atoms with E-state index in [1.165, 1.54) is 23.6 Å². The Bertz CT molecular complexity index is 538. The van der Waals surface area contributed by atoms with E-state index in [2.05, 4.69) is 30.4 Å². The van der Waals surface area contributed by atoms with Crippen molar-refractivity contribution in [1.82, 2.24) is 30.3 Å². The Labute approximate surface area is 106 Å². The number of nitrogens with zero attached hydrogens (tertiary/aromatic N) is 6. The van der Waals surface area contributed by atoms with Gasteiger partial charge >= 0.3 is 5.97 Å². The summed E-state index contributed by atoms with van der Waals surface area (Å²) in [4.78, 5) is 15.2.